The topological polar surface area (TPSA) is 111 Å². The highest BCUT2D eigenvalue weighted by Crippen LogP contribution is 2.18. The largest absolute Gasteiger partial charge is 0.545 e. The lowest BCUT2D eigenvalue weighted by Crippen LogP contribution is -2.44. The van der Waals surface area contributed by atoms with Crippen molar-refractivity contribution in [3.05, 3.63) is 146 Å². The molecule has 2 unspecified atom stereocenters. The minimum atomic E-state index is -1.63. The number of carboxylic acids is 1. The molecule has 0 saturated carbocycles. The van der Waals surface area contributed by atoms with Crippen molar-refractivity contribution in [1.29, 1.82) is 0 Å². The van der Waals surface area contributed by atoms with Crippen LogP contribution in [0.3, 0.4) is 0 Å². The average molecular weight is 1350 g/mol. The van der Waals surface area contributed by atoms with Crippen molar-refractivity contribution in [3.8, 4) is 0 Å². The molecule has 0 aliphatic heterocycles. The van der Waals surface area contributed by atoms with Crippen LogP contribution in [0.4, 0.5) is 0 Å². The van der Waals surface area contributed by atoms with E-state index in [2.05, 4.69) is 160 Å². The van der Waals surface area contributed by atoms with Gasteiger partial charge < -0.3 is 33.3 Å². The Morgan fingerprint density at radius 2 is 0.557 bits per heavy atom. The lowest BCUT2D eigenvalue weighted by molar-refractivity contribution is -0.870. The smallest absolute Gasteiger partial charge is 0.306 e. The summed E-state index contributed by atoms with van der Waals surface area (Å²) in [7, 11) is 5.94. The molecule has 0 saturated heterocycles. The van der Waals surface area contributed by atoms with Gasteiger partial charge in [0.25, 0.3) is 0 Å². The number of esters is 2. The fourth-order valence-electron chi connectivity index (χ4n) is 11.1. The van der Waals surface area contributed by atoms with Crippen molar-refractivity contribution in [2.75, 3.05) is 47.5 Å². The summed E-state index contributed by atoms with van der Waals surface area (Å²) in [6, 6.07) is 0. The standard InChI is InChI=1S/C88H149NO8/c1-6-8-10-12-14-16-18-20-22-24-26-28-30-32-34-36-38-39-40-41-42-43-44-45-46-47-49-51-53-55-57-59-61-63-65-67-69-71-73-75-77-79-86(91)97-84(83-96-88(87(92)93)94-81-80-89(3,4)5)82-95-85(90)78-76-74-72-70-68-66-64-62-60-58-56-54-52-50-48-37-35-33-31-29-27-25-23-21-19-17-15-13-11-9-7-2/h8-11,14-17,20-23,26-29,32-35,38-39,41-42,84,88H,6-7,12-13,18-19,24-25,30-31,36-37,40,43-83H2,1-5H3/b10-8-,11-9-,16-14-,17-15-,22-20-,23-21-,28-26-,29-27-,34-32-,35-33-,39-38-,42-41-. The fraction of sp³-hybridized carbons (Fsp3) is 0.693. The first-order valence-corrected chi connectivity index (χ1v) is 40.0. The van der Waals surface area contributed by atoms with E-state index in [1.54, 1.807) is 0 Å². The summed E-state index contributed by atoms with van der Waals surface area (Å²) >= 11 is 0. The van der Waals surface area contributed by atoms with E-state index in [9.17, 15) is 19.5 Å². The molecular formula is C88H149NO8. The van der Waals surface area contributed by atoms with Crippen LogP contribution in [0.1, 0.15) is 335 Å². The number of rotatable bonds is 73. The molecule has 0 radical (unpaired) electrons. The molecule has 0 aromatic rings. The van der Waals surface area contributed by atoms with Gasteiger partial charge in [-0.05, 0) is 116 Å². The summed E-state index contributed by atoms with van der Waals surface area (Å²) in [6.07, 6.45) is 110. The van der Waals surface area contributed by atoms with E-state index in [0.717, 1.165) is 109 Å². The van der Waals surface area contributed by atoms with Gasteiger partial charge in [0.2, 0.25) is 0 Å². The summed E-state index contributed by atoms with van der Waals surface area (Å²) < 4.78 is 22.9. The first-order chi connectivity index (χ1) is 47.6. The lowest BCUT2D eigenvalue weighted by Gasteiger charge is -2.26. The molecule has 0 amide bonds. The minimum Gasteiger partial charge on any atom is -0.545 e. The maximum Gasteiger partial charge on any atom is 0.306 e. The molecule has 0 rings (SSSR count). The predicted octanol–water partition coefficient (Wildman–Crippen LogP) is 24.5. The van der Waals surface area contributed by atoms with Gasteiger partial charge in [-0.15, -0.1) is 0 Å². The van der Waals surface area contributed by atoms with Crippen LogP contribution in [-0.4, -0.2) is 82.3 Å². The Labute approximate surface area is 598 Å². The van der Waals surface area contributed by atoms with E-state index in [1.807, 2.05) is 21.1 Å². The Bertz CT molecular complexity index is 2110. The maximum atomic E-state index is 13.0. The SMILES string of the molecule is CC/C=C\C/C=C\C/C=C\C/C=C\C/C=C\C/C=C\C/C=C\CCCCCCCCCCCCCCCCCCCCCC(=O)OC(COC(=O)CCCCCCCCCCCCCCCCC/C=C\C/C=C\C/C=C\C/C=C\C/C=C\CC)COC(OCC[N+](C)(C)C)C(=O)[O-]. The Hall–Kier alpha value is -4.83. The normalized spacial score (nSPS) is 13.5. The maximum absolute atomic E-state index is 13.0. The number of quaternary nitrogens is 1. The van der Waals surface area contributed by atoms with E-state index in [-0.39, 0.29) is 38.6 Å². The molecule has 0 aromatic carbocycles. The van der Waals surface area contributed by atoms with Gasteiger partial charge >= 0.3 is 11.9 Å². The second-order valence-corrected chi connectivity index (χ2v) is 27.6. The van der Waals surface area contributed by atoms with E-state index in [0.29, 0.717) is 17.4 Å². The van der Waals surface area contributed by atoms with Crippen LogP contribution in [0.2, 0.25) is 0 Å². The number of unbranched alkanes of at least 4 members (excludes halogenated alkanes) is 34. The van der Waals surface area contributed by atoms with Crippen molar-refractivity contribution < 1.29 is 42.9 Å². The fourth-order valence-corrected chi connectivity index (χ4v) is 11.1. The molecular weight excluding hydrogens is 1200 g/mol. The van der Waals surface area contributed by atoms with E-state index >= 15 is 0 Å². The van der Waals surface area contributed by atoms with Gasteiger partial charge in [0.15, 0.2) is 12.4 Å². The first kappa shape index (κ1) is 92.2. The van der Waals surface area contributed by atoms with E-state index in [1.165, 1.54) is 193 Å². The van der Waals surface area contributed by atoms with Crippen molar-refractivity contribution >= 4 is 17.9 Å². The molecule has 0 heterocycles. The summed E-state index contributed by atoms with van der Waals surface area (Å²) in [5, 5.41) is 11.9. The number of likely N-dealkylation sites (N-methyl/N-ethyl adjacent to an activating group) is 1. The monoisotopic (exact) mass is 1350 g/mol. The average Bonchev–Trinajstić information content (AvgIpc) is 3.27. The summed E-state index contributed by atoms with van der Waals surface area (Å²) in [5.74, 6) is -2.27. The second-order valence-electron chi connectivity index (χ2n) is 27.6. The number of ether oxygens (including phenoxy) is 4. The third kappa shape index (κ3) is 78.4. The zero-order valence-corrected chi connectivity index (χ0v) is 63.4. The first-order valence-electron chi connectivity index (χ1n) is 40.0. The van der Waals surface area contributed by atoms with Gasteiger partial charge in [-0.3, -0.25) is 9.59 Å². The Morgan fingerprint density at radius 3 is 0.825 bits per heavy atom. The Kier molecular flexibility index (Phi) is 73.1. The number of hydrogen-bond acceptors (Lipinski definition) is 8. The number of hydrogen-bond donors (Lipinski definition) is 0. The van der Waals surface area contributed by atoms with Gasteiger partial charge in [-0.2, -0.15) is 0 Å². The van der Waals surface area contributed by atoms with Crippen LogP contribution < -0.4 is 5.11 Å². The molecule has 97 heavy (non-hydrogen) atoms. The zero-order valence-electron chi connectivity index (χ0n) is 63.4. The number of nitrogens with zero attached hydrogens (tertiary/aromatic N) is 1. The molecule has 9 nitrogen and oxygen atoms in total. The van der Waals surface area contributed by atoms with Crippen LogP contribution in [0.25, 0.3) is 0 Å². The number of carbonyl (C=O) groups is 3. The van der Waals surface area contributed by atoms with Crippen molar-refractivity contribution in [1.82, 2.24) is 0 Å². The van der Waals surface area contributed by atoms with Gasteiger partial charge in [0.05, 0.1) is 40.3 Å². The molecule has 0 bridgehead atoms. The quantitative estimate of drug-likeness (QED) is 0.0195. The highest BCUT2D eigenvalue weighted by Gasteiger charge is 2.22. The van der Waals surface area contributed by atoms with Gasteiger partial charge in [0, 0.05) is 12.8 Å². The molecule has 0 aromatic heterocycles. The third-order valence-electron chi connectivity index (χ3n) is 17.1. The summed E-state index contributed by atoms with van der Waals surface area (Å²) in [6.45, 7) is 4.55. The molecule has 9 heteroatoms. The van der Waals surface area contributed by atoms with Crippen molar-refractivity contribution in [2.24, 2.45) is 0 Å². The molecule has 0 fully saturated rings. The highest BCUT2D eigenvalue weighted by molar-refractivity contribution is 5.70. The van der Waals surface area contributed by atoms with Gasteiger partial charge in [-0.1, -0.05) is 352 Å². The second kappa shape index (κ2) is 76.9. The van der Waals surface area contributed by atoms with Crippen LogP contribution in [0.15, 0.2) is 146 Å². The van der Waals surface area contributed by atoms with Gasteiger partial charge in [0.1, 0.15) is 13.2 Å². The van der Waals surface area contributed by atoms with E-state index in [4.69, 9.17) is 18.9 Å². The zero-order chi connectivity index (χ0) is 70.4. The van der Waals surface area contributed by atoms with Crippen LogP contribution >= 0.6 is 0 Å². The summed E-state index contributed by atoms with van der Waals surface area (Å²) in [4.78, 5) is 37.6. The number of carboxylic acid groups (broad SMARTS) is 1. The number of carbonyl (C=O) groups excluding carboxylic acids is 3. The minimum absolute atomic E-state index is 0.144. The molecule has 2 atom stereocenters. The van der Waals surface area contributed by atoms with Crippen molar-refractivity contribution in [3.63, 3.8) is 0 Å². The summed E-state index contributed by atoms with van der Waals surface area (Å²) in [5.41, 5.74) is 0. The molecule has 554 valence electrons. The molecule has 0 spiro atoms. The third-order valence-corrected chi connectivity index (χ3v) is 17.1. The van der Waals surface area contributed by atoms with Crippen LogP contribution in [-0.2, 0) is 33.3 Å². The number of allylic oxidation sites excluding steroid dienone is 24. The molecule has 0 N–H and O–H groups in total. The Morgan fingerprint density at radius 1 is 0.309 bits per heavy atom. The van der Waals surface area contributed by atoms with Crippen molar-refractivity contribution in [2.45, 2.75) is 347 Å². The molecule has 0 aliphatic carbocycles. The number of aliphatic carboxylic acids is 1. The van der Waals surface area contributed by atoms with Crippen LogP contribution in [0.5, 0.6) is 0 Å². The highest BCUT2D eigenvalue weighted by atomic mass is 16.7. The Balaban J connectivity index is 4.02. The van der Waals surface area contributed by atoms with Gasteiger partial charge in [-0.25, -0.2) is 0 Å². The van der Waals surface area contributed by atoms with E-state index < -0.39 is 24.3 Å². The molecule has 0 aliphatic rings. The van der Waals surface area contributed by atoms with Crippen LogP contribution in [0, 0.1) is 0 Å². The lowest BCUT2D eigenvalue weighted by atomic mass is 10.0. The predicted molar refractivity (Wildman–Crippen MR) is 416 cm³/mol.